The number of alkyl halides is 1. The molecule has 0 heterocycles. The van der Waals surface area contributed by atoms with Crippen LogP contribution < -0.4 is 0 Å². The van der Waals surface area contributed by atoms with Gasteiger partial charge in [0.15, 0.2) is 0 Å². The van der Waals surface area contributed by atoms with Gasteiger partial charge >= 0.3 is 0 Å². The second kappa shape index (κ2) is 4.87. The van der Waals surface area contributed by atoms with Crippen LogP contribution in [0.25, 0.3) is 0 Å². The molecule has 13 heavy (non-hydrogen) atoms. The topological polar surface area (TPSA) is 32.6 Å². The number of benzene rings is 1. The number of oxime groups is 1. The maximum Gasteiger partial charge on any atom is 0.100 e. The van der Waals surface area contributed by atoms with Crippen LogP contribution in [0.2, 0.25) is 0 Å². The van der Waals surface area contributed by atoms with E-state index in [2.05, 4.69) is 5.16 Å². The van der Waals surface area contributed by atoms with E-state index < -0.39 is 0 Å². The van der Waals surface area contributed by atoms with E-state index in [4.69, 9.17) is 16.8 Å². The molecular formula is C10H12ClNO. The summed E-state index contributed by atoms with van der Waals surface area (Å²) in [6.45, 7) is 1.91. The molecule has 0 spiro atoms. The smallest absolute Gasteiger partial charge is 0.100 e. The molecule has 0 aliphatic carbocycles. The van der Waals surface area contributed by atoms with E-state index in [0.717, 1.165) is 5.56 Å². The van der Waals surface area contributed by atoms with E-state index in [9.17, 15) is 0 Å². The van der Waals surface area contributed by atoms with Gasteiger partial charge in [0, 0.05) is 0 Å². The van der Waals surface area contributed by atoms with Gasteiger partial charge in [0.25, 0.3) is 0 Å². The lowest BCUT2D eigenvalue weighted by molar-refractivity contribution is 0.316. The maximum atomic E-state index is 8.66. The fourth-order valence-corrected chi connectivity index (χ4v) is 1.46. The summed E-state index contributed by atoms with van der Waals surface area (Å²) < 4.78 is 0. The lowest BCUT2D eigenvalue weighted by Crippen LogP contribution is -2.05. The predicted octanol–water partition coefficient (Wildman–Crippen LogP) is 3.21. The highest BCUT2D eigenvalue weighted by Crippen LogP contribution is 2.22. The molecule has 0 bridgehead atoms. The first-order valence-corrected chi connectivity index (χ1v) is 4.63. The summed E-state index contributed by atoms with van der Waals surface area (Å²) in [6, 6.07) is 9.58. The molecule has 3 heteroatoms. The first kappa shape index (κ1) is 10.1. The van der Waals surface area contributed by atoms with Crippen LogP contribution in [0.15, 0.2) is 35.5 Å². The van der Waals surface area contributed by atoms with Crippen molar-refractivity contribution >= 4 is 17.3 Å². The normalized spacial score (nSPS) is 14.2. The SMILES string of the molecule is CC/C(=N/O)C(Cl)c1ccccc1. The van der Waals surface area contributed by atoms with Crippen molar-refractivity contribution in [1.82, 2.24) is 0 Å². The van der Waals surface area contributed by atoms with Gasteiger partial charge in [-0.05, 0) is 12.0 Å². The van der Waals surface area contributed by atoms with E-state index in [1.807, 2.05) is 37.3 Å². The van der Waals surface area contributed by atoms with Gasteiger partial charge in [-0.2, -0.15) is 0 Å². The monoisotopic (exact) mass is 197 g/mol. The second-order valence-corrected chi connectivity index (χ2v) is 3.15. The summed E-state index contributed by atoms with van der Waals surface area (Å²) in [6.07, 6.45) is 0.652. The van der Waals surface area contributed by atoms with Crippen LogP contribution in [0.5, 0.6) is 0 Å². The summed E-state index contributed by atoms with van der Waals surface area (Å²) in [5.41, 5.74) is 1.55. The van der Waals surface area contributed by atoms with Crippen molar-refractivity contribution in [1.29, 1.82) is 0 Å². The van der Waals surface area contributed by atoms with E-state index in [-0.39, 0.29) is 5.38 Å². The molecule has 1 N–H and O–H groups in total. The van der Waals surface area contributed by atoms with Crippen LogP contribution in [0.1, 0.15) is 24.3 Å². The molecule has 1 atom stereocenters. The fraction of sp³-hybridized carbons (Fsp3) is 0.300. The van der Waals surface area contributed by atoms with Crippen molar-refractivity contribution in [2.75, 3.05) is 0 Å². The zero-order chi connectivity index (χ0) is 9.68. The van der Waals surface area contributed by atoms with Gasteiger partial charge in [0.1, 0.15) is 5.38 Å². The van der Waals surface area contributed by atoms with Crippen molar-refractivity contribution in [2.45, 2.75) is 18.7 Å². The average molecular weight is 198 g/mol. The molecular weight excluding hydrogens is 186 g/mol. The molecule has 1 aromatic rings. The van der Waals surface area contributed by atoms with Crippen molar-refractivity contribution in [3.8, 4) is 0 Å². The molecule has 0 amide bonds. The Morgan fingerprint density at radius 1 is 1.46 bits per heavy atom. The first-order valence-electron chi connectivity index (χ1n) is 4.19. The Morgan fingerprint density at radius 2 is 2.08 bits per heavy atom. The van der Waals surface area contributed by atoms with Crippen LogP contribution in [0.3, 0.4) is 0 Å². The molecule has 70 valence electrons. The number of hydrogen-bond acceptors (Lipinski definition) is 2. The van der Waals surface area contributed by atoms with Crippen molar-refractivity contribution < 1.29 is 5.21 Å². The Bertz CT molecular complexity index is 284. The molecule has 2 nitrogen and oxygen atoms in total. The van der Waals surface area contributed by atoms with E-state index in [1.165, 1.54) is 0 Å². The molecule has 1 unspecified atom stereocenters. The third-order valence-electron chi connectivity index (χ3n) is 1.88. The third kappa shape index (κ3) is 2.46. The minimum absolute atomic E-state index is 0.323. The minimum atomic E-state index is -0.323. The number of hydrogen-bond donors (Lipinski definition) is 1. The molecule has 0 aliphatic heterocycles. The molecule has 0 fully saturated rings. The fourth-order valence-electron chi connectivity index (χ4n) is 1.12. The minimum Gasteiger partial charge on any atom is -0.411 e. The van der Waals surface area contributed by atoms with Crippen LogP contribution in [-0.2, 0) is 0 Å². The summed E-state index contributed by atoms with van der Waals surface area (Å²) in [5.74, 6) is 0. The summed E-state index contributed by atoms with van der Waals surface area (Å²) >= 11 is 6.08. The Hall–Kier alpha value is -1.02. The van der Waals surface area contributed by atoms with Gasteiger partial charge in [-0.15, -0.1) is 11.6 Å². The quantitative estimate of drug-likeness (QED) is 0.343. The molecule has 1 rings (SSSR count). The zero-order valence-corrected chi connectivity index (χ0v) is 8.20. The van der Waals surface area contributed by atoms with Crippen LogP contribution >= 0.6 is 11.6 Å². The van der Waals surface area contributed by atoms with E-state index >= 15 is 0 Å². The van der Waals surface area contributed by atoms with Gasteiger partial charge in [0.2, 0.25) is 0 Å². The average Bonchev–Trinajstić information content (AvgIpc) is 2.21. The highest BCUT2D eigenvalue weighted by atomic mass is 35.5. The van der Waals surface area contributed by atoms with Crippen molar-refractivity contribution in [3.05, 3.63) is 35.9 Å². The third-order valence-corrected chi connectivity index (χ3v) is 2.38. The molecule has 0 saturated carbocycles. The summed E-state index contributed by atoms with van der Waals surface area (Å²) in [5, 5.41) is 11.5. The zero-order valence-electron chi connectivity index (χ0n) is 7.44. The molecule has 0 radical (unpaired) electrons. The van der Waals surface area contributed by atoms with Crippen LogP contribution in [-0.4, -0.2) is 10.9 Å². The molecule has 0 aromatic heterocycles. The van der Waals surface area contributed by atoms with Crippen LogP contribution in [0.4, 0.5) is 0 Å². The van der Waals surface area contributed by atoms with Crippen molar-refractivity contribution in [3.63, 3.8) is 0 Å². The van der Waals surface area contributed by atoms with Gasteiger partial charge in [-0.1, -0.05) is 42.4 Å². The summed E-state index contributed by atoms with van der Waals surface area (Å²) in [4.78, 5) is 0. The van der Waals surface area contributed by atoms with Gasteiger partial charge in [-0.25, -0.2) is 0 Å². The number of rotatable bonds is 3. The van der Waals surface area contributed by atoms with E-state index in [1.54, 1.807) is 0 Å². The Morgan fingerprint density at radius 3 is 2.54 bits per heavy atom. The Balaban J connectivity index is 2.85. The van der Waals surface area contributed by atoms with Crippen LogP contribution in [0, 0.1) is 0 Å². The van der Waals surface area contributed by atoms with Gasteiger partial charge < -0.3 is 5.21 Å². The molecule has 1 aromatic carbocycles. The number of halogens is 1. The highest BCUT2D eigenvalue weighted by molar-refractivity contribution is 6.32. The summed E-state index contributed by atoms with van der Waals surface area (Å²) in [7, 11) is 0. The van der Waals surface area contributed by atoms with E-state index in [0.29, 0.717) is 12.1 Å². The Kier molecular flexibility index (Phi) is 3.77. The lowest BCUT2D eigenvalue weighted by atomic mass is 10.1. The largest absolute Gasteiger partial charge is 0.411 e. The van der Waals surface area contributed by atoms with Gasteiger partial charge in [0.05, 0.1) is 5.71 Å². The van der Waals surface area contributed by atoms with Crippen molar-refractivity contribution in [2.24, 2.45) is 5.16 Å². The molecule has 0 saturated heterocycles. The molecule has 0 aliphatic rings. The second-order valence-electron chi connectivity index (χ2n) is 2.72. The maximum absolute atomic E-state index is 8.66. The highest BCUT2D eigenvalue weighted by Gasteiger charge is 2.13. The first-order chi connectivity index (χ1) is 6.29. The predicted molar refractivity (Wildman–Crippen MR) is 54.5 cm³/mol. The lowest BCUT2D eigenvalue weighted by Gasteiger charge is -2.09. The van der Waals surface area contributed by atoms with Gasteiger partial charge in [-0.3, -0.25) is 0 Å². The standard InChI is InChI=1S/C10H12ClNO/c1-2-9(12-13)10(11)8-6-4-3-5-7-8/h3-7,10,13H,2H2,1H3/b12-9-. The number of nitrogens with zero attached hydrogens (tertiary/aromatic N) is 1. The Labute approximate surface area is 82.8 Å².